The van der Waals surface area contributed by atoms with Crippen LogP contribution in [0.5, 0.6) is 0 Å². The summed E-state index contributed by atoms with van der Waals surface area (Å²) in [5.41, 5.74) is -0.179. The average Bonchev–Trinajstić information content (AvgIpc) is 3.23. The van der Waals surface area contributed by atoms with Crippen molar-refractivity contribution >= 4 is 28.4 Å². The lowest BCUT2D eigenvalue weighted by atomic mass is 9.85. The van der Waals surface area contributed by atoms with Gasteiger partial charge in [0, 0.05) is 12.0 Å². The number of nitrogens with zero attached hydrogens (tertiary/aromatic N) is 3. The highest BCUT2D eigenvalue weighted by atomic mass is 16.3. The number of aromatic nitrogens is 2. The number of benzene rings is 2. The normalized spacial score (nSPS) is 30.2. The van der Waals surface area contributed by atoms with Crippen LogP contribution in [-0.4, -0.2) is 38.7 Å². The second-order valence-electron chi connectivity index (χ2n) is 9.05. The van der Waals surface area contributed by atoms with Crippen molar-refractivity contribution in [3.63, 3.8) is 0 Å². The van der Waals surface area contributed by atoms with Gasteiger partial charge in [0.15, 0.2) is 0 Å². The number of fused-ring (bicyclic) bond motifs is 5. The van der Waals surface area contributed by atoms with Crippen LogP contribution in [0.4, 0.5) is 5.69 Å². The molecule has 5 atom stereocenters. The summed E-state index contributed by atoms with van der Waals surface area (Å²) in [6.45, 7) is 3.52. The molecule has 2 aromatic carbocycles. The zero-order chi connectivity index (χ0) is 23.1. The van der Waals surface area contributed by atoms with Gasteiger partial charge in [-0.2, -0.15) is 0 Å². The van der Waals surface area contributed by atoms with Crippen LogP contribution in [0.1, 0.15) is 43.7 Å². The molecule has 0 radical (unpaired) electrons. The Hall–Kier alpha value is -3.56. The number of nitrogens with one attached hydrogen (secondary N) is 2. The maximum absolute atomic E-state index is 13.5. The van der Waals surface area contributed by atoms with Gasteiger partial charge in [0.2, 0.25) is 11.8 Å². The lowest BCUT2D eigenvalue weighted by molar-refractivity contribution is -0.129. The van der Waals surface area contributed by atoms with Crippen molar-refractivity contribution < 1.29 is 14.7 Å². The Balaban J connectivity index is 1.52. The van der Waals surface area contributed by atoms with E-state index in [0.29, 0.717) is 28.0 Å². The minimum atomic E-state index is -1.58. The van der Waals surface area contributed by atoms with Crippen LogP contribution < -0.4 is 21.1 Å². The van der Waals surface area contributed by atoms with Gasteiger partial charge in [-0.1, -0.05) is 30.3 Å². The van der Waals surface area contributed by atoms with Gasteiger partial charge < -0.3 is 10.4 Å². The average molecular weight is 445 g/mol. The Morgan fingerprint density at radius 3 is 2.58 bits per heavy atom. The van der Waals surface area contributed by atoms with E-state index >= 15 is 0 Å². The molecule has 0 unspecified atom stereocenters. The maximum Gasteiger partial charge on any atom is 0.262 e. The summed E-state index contributed by atoms with van der Waals surface area (Å²) < 4.78 is 1.41. The molecule has 1 aromatic heterocycles. The van der Waals surface area contributed by atoms with Crippen LogP contribution >= 0.6 is 0 Å². The third kappa shape index (κ3) is 2.60. The Kier molecular flexibility index (Phi) is 4.09. The Morgan fingerprint density at radius 1 is 1.03 bits per heavy atom. The van der Waals surface area contributed by atoms with Crippen LogP contribution in [0.25, 0.3) is 10.9 Å². The highest BCUT2D eigenvalue weighted by molar-refractivity contribution is 6.02. The van der Waals surface area contributed by atoms with Crippen LogP contribution in [0, 0.1) is 0 Å². The lowest BCUT2D eigenvalue weighted by Crippen LogP contribution is -2.54. The van der Waals surface area contributed by atoms with E-state index < -0.39 is 29.9 Å². The zero-order valence-corrected chi connectivity index (χ0v) is 18.1. The Morgan fingerprint density at radius 2 is 1.76 bits per heavy atom. The molecule has 4 heterocycles. The molecule has 0 spiro atoms. The van der Waals surface area contributed by atoms with Gasteiger partial charge in [-0.25, -0.2) is 4.98 Å². The maximum atomic E-state index is 13.5. The first-order valence-electron chi connectivity index (χ1n) is 11.0. The van der Waals surface area contributed by atoms with E-state index in [2.05, 4.69) is 15.6 Å². The molecule has 2 amide bonds. The number of amides is 2. The Labute approximate surface area is 189 Å². The molecule has 6 rings (SSSR count). The lowest BCUT2D eigenvalue weighted by Gasteiger charge is -2.37. The van der Waals surface area contributed by atoms with E-state index in [1.165, 1.54) is 4.57 Å². The molecule has 3 aliphatic rings. The fraction of sp³-hybridized carbons (Fsp3) is 0.333. The number of hydrogen-bond acceptors (Lipinski definition) is 6. The summed E-state index contributed by atoms with van der Waals surface area (Å²) in [5, 5.41) is 18.5. The molecule has 9 heteroatoms. The quantitative estimate of drug-likeness (QED) is 0.543. The third-order valence-electron chi connectivity index (χ3n) is 7.06. The molecule has 0 aliphatic carbocycles. The standard InChI is InChI=1S/C24H23N5O4/c1-12-19-27-16-9-5-3-7-14(16)22(32)28(19)18(20(30)25-12)11-24(33)15-8-4-6-10-17(15)29-21(31)13(2)26-23(24)29/h3-10,12-13,18,23,26,33H,11H2,1-2H3,(H,25,30)/t12-,13+,18+,23+,24+/m1/s1. The van der Waals surface area contributed by atoms with E-state index in [9.17, 15) is 19.5 Å². The first kappa shape index (κ1) is 20.1. The highest BCUT2D eigenvalue weighted by Crippen LogP contribution is 2.49. The van der Waals surface area contributed by atoms with E-state index in [4.69, 9.17) is 0 Å². The van der Waals surface area contributed by atoms with Crippen LogP contribution in [0.2, 0.25) is 0 Å². The summed E-state index contributed by atoms with van der Waals surface area (Å²) in [5.74, 6) is -0.0647. The van der Waals surface area contributed by atoms with Crippen molar-refractivity contribution in [2.75, 3.05) is 4.90 Å². The molecule has 3 aromatic rings. The molecule has 3 N–H and O–H groups in total. The molecule has 0 bridgehead atoms. The SMILES string of the molecule is C[C@@H]1N[C@H]2N(C1=O)c1ccccc1[C@@]2(O)C[C@H]1C(=O)N[C@H](C)c2nc3ccccc3c(=O)n21. The van der Waals surface area contributed by atoms with E-state index in [-0.39, 0.29) is 23.8 Å². The van der Waals surface area contributed by atoms with Crippen LogP contribution in [-0.2, 0) is 15.2 Å². The van der Waals surface area contributed by atoms with Gasteiger partial charge in [0.1, 0.15) is 23.6 Å². The van der Waals surface area contributed by atoms with Crippen molar-refractivity contribution in [2.24, 2.45) is 0 Å². The summed E-state index contributed by atoms with van der Waals surface area (Å²) >= 11 is 0. The number of anilines is 1. The minimum Gasteiger partial charge on any atom is -0.381 e. The van der Waals surface area contributed by atoms with Gasteiger partial charge in [-0.05, 0) is 32.0 Å². The molecular weight excluding hydrogens is 422 g/mol. The van der Waals surface area contributed by atoms with Gasteiger partial charge in [-0.15, -0.1) is 0 Å². The molecule has 9 nitrogen and oxygen atoms in total. The predicted molar refractivity (Wildman–Crippen MR) is 120 cm³/mol. The molecule has 3 aliphatic heterocycles. The largest absolute Gasteiger partial charge is 0.381 e. The van der Waals surface area contributed by atoms with E-state index in [1.54, 1.807) is 55.1 Å². The van der Waals surface area contributed by atoms with E-state index in [1.807, 2.05) is 12.1 Å². The van der Waals surface area contributed by atoms with Crippen LogP contribution in [0.3, 0.4) is 0 Å². The monoisotopic (exact) mass is 445 g/mol. The summed E-state index contributed by atoms with van der Waals surface area (Å²) in [7, 11) is 0. The molecule has 1 saturated heterocycles. The number of carbonyl (C=O) groups is 2. The third-order valence-corrected chi connectivity index (χ3v) is 7.06. The number of aliphatic hydroxyl groups is 1. The van der Waals surface area contributed by atoms with Crippen molar-refractivity contribution in [3.05, 3.63) is 70.3 Å². The summed E-state index contributed by atoms with van der Waals surface area (Å²) in [6.07, 6.45) is -0.832. The summed E-state index contributed by atoms with van der Waals surface area (Å²) in [6, 6.07) is 12.2. The molecule has 1 fully saturated rings. The Bertz CT molecular complexity index is 1400. The van der Waals surface area contributed by atoms with Crippen LogP contribution in [0.15, 0.2) is 53.3 Å². The van der Waals surface area contributed by atoms with Gasteiger partial charge in [0.25, 0.3) is 5.56 Å². The fourth-order valence-corrected chi connectivity index (χ4v) is 5.49. The van der Waals surface area contributed by atoms with Gasteiger partial charge in [0.05, 0.1) is 28.7 Å². The van der Waals surface area contributed by atoms with Crippen molar-refractivity contribution in [2.45, 2.75) is 50.2 Å². The van der Waals surface area contributed by atoms with Gasteiger partial charge in [-0.3, -0.25) is 29.2 Å². The molecule has 168 valence electrons. The number of hydrogen-bond donors (Lipinski definition) is 3. The van der Waals surface area contributed by atoms with Crippen molar-refractivity contribution in [1.29, 1.82) is 0 Å². The van der Waals surface area contributed by atoms with E-state index in [0.717, 1.165) is 0 Å². The summed E-state index contributed by atoms with van der Waals surface area (Å²) in [4.78, 5) is 45.8. The smallest absolute Gasteiger partial charge is 0.262 e. The molecule has 33 heavy (non-hydrogen) atoms. The van der Waals surface area contributed by atoms with Crippen molar-refractivity contribution in [1.82, 2.24) is 20.2 Å². The molecule has 0 saturated carbocycles. The zero-order valence-electron chi connectivity index (χ0n) is 18.1. The topological polar surface area (TPSA) is 117 Å². The number of carbonyl (C=O) groups excluding carboxylic acids is 2. The number of rotatable bonds is 2. The number of para-hydroxylation sites is 2. The highest BCUT2D eigenvalue weighted by Gasteiger charge is 2.58. The first-order valence-corrected chi connectivity index (χ1v) is 11.0. The fourth-order valence-electron chi connectivity index (χ4n) is 5.49. The van der Waals surface area contributed by atoms with Gasteiger partial charge >= 0.3 is 0 Å². The second-order valence-corrected chi connectivity index (χ2v) is 9.05. The predicted octanol–water partition coefficient (Wildman–Crippen LogP) is 1.07. The van der Waals surface area contributed by atoms with Crippen molar-refractivity contribution in [3.8, 4) is 0 Å². The second kappa shape index (κ2) is 6.72. The first-order chi connectivity index (χ1) is 15.8. The molecular formula is C24H23N5O4. The minimum absolute atomic E-state index is 0.0936.